The van der Waals surface area contributed by atoms with E-state index in [4.69, 9.17) is 13.9 Å². The number of ether oxygens (including phenoxy) is 2. The van der Waals surface area contributed by atoms with Gasteiger partial charge in [0, 0.05) is 6.92 Å². The Morgan fingerprint density at radius 1 is 1.48 bits per heavy atom. The topological polar surface area (TPSA) is 94.7 Å². The van der Waals surface area contributed by atoms with Crippen LogP contribution in [0.4, 0.5) is 0 Å². The molecule has 1 heterocycles. The van der Waals surface area contributed by atoms with E-state index in [1.54, 1.807) is 25.1 Å². The average Bonchev–Trinajstić information content (AvgIpc) is 2.97. The van der Waals surface area contributed by atoms with Gasteiger partial charge in [0.05, 0.1) is 11.6 Å². The molecule has 1 aromatic heterocycles. The number of carboxylic acid groups (broad SMARTS) is 1. The zero-order chi connectivity index (χ0) is 18.4. The Morgan fingerprint density at radius 2 is 2.24 bits per heavy atom. The summed E-state index contributed by atoms with van der Waals surface area (Å²) >= 11 is 4.27. The zero-order valence-electron chi connectivity index (χ0n) is 13.5. The number of benzene rings is 1. The smallest absolute Gasteiger partial charge is 0.342 e. The summed E-state index contributed by atoms with van der Waals surface area (Å²) in [5.41, 5.74) is 0.607. The van der Waals surface area contributed by atoms with E-state index >= 15 is 0 Å². The van der Waals surface area contributed by atoms with E-state index in [2.05, 4.69) is 32.7 Å². The van der Waals surface area contributed by atoms with Gasteiger partial charge in [-0.05, 0) is 51.5 Å². The van der Waals surface area contributed by atoms with Crippen molar-refractivity contribution in [1.29, 1.82) is 0 Å². The fraction of sp³-hybridized carbons (Fsp3) is 0.188. The summed E-state index contributed by atoms with van der Waals surface area (Å²) in [5, 5.41) is 17.0. The summed E-state index contributed by atoms with van der Waals surface area (Å²) in [4.78, 5) is 11.5. The predicted molar refractivity (Wildman–Crippen MR) is 96.9 cm³/mol. The van der Waals surface area contributed by atoms with Crippen LogP contribution in [0.25, 0.3) is 6.08 Å². The van der Waals surface area contributed by atoms with Crippen molar-refractivity contribution in [1.82, 2.24) is 10.2 Å². The molecule has 0 bridgehead atoms. The van der Waals surface area contributed by atoms with Gasteiger partial charge in [0.2, 0.25) is 5.89 Å². The lowest BCUT2D eigenvalue weighted by Gasteiger charge is -2.12. The van der Waals surface area contributed by atoms with Crippen molar-refractivity contribution in [2.24, 2.45) is 0 Å². The van der Waals surface area contributed by atoms with Crippen LogP contribution >= 0.6 is 27.7 Å². The van der Waals surface area contributed by atoms with E-state index in [9.17, 15) is 9.90 Å². The Kier molecular flexibility index (Phi) is 6.65. The molecule has 7 nitrogen and oxygen atoms in total. The molecule has 9 heteroatoms. The molecular weight excluding hydrogens is 412 g/mol. The van der Waals surface area contributed by atoms with Gasteiger partial charge in [0.25, 0.3) is 5.22 Å². The minimum absolute atomic E-state index is 0.0253. The summed E-state index contributed by atoms with van der Waals surface area (Å²) in [6.07, 6.45) is 3.10. The van der Waals surface area contributed by atoms with Gasteiger partial charge in [-0.25, -0.2) is 4.79 Å². The molecular formula is C16H15BrN2O5S. The van der Waals surface area contributed by atoms with Gasteiger partial charge < -0.3 is 19.0 Å². The minimum atomic E-state index is -1.11. The molecule has 0 fully saturated rings. The summed E-state index contributed by atoms with van der Waals surface area (Å²) in [6.45, 7) is 5.55. The van der Waals surface area contributed by atoms with Crippen LogP contribution in [0.3, 0.4) is 0 Å². The van der Waals surface area contributed by atoms with Gasteiger partial charge in [-0.3, -0.25) is 0 Å². The Morgan fingerprint density at radius 3 is 2.80 bits per heavy atom. The number of methoxy groups -OCH3 is 1. The van der Waals surface area contributed by atoms with Crippen molar-refractivity contribution in [2.75, 3.05) is 13.7 Å². The maximum Gasteiger partial charge on any atom is 0.342 e. The first-order chi connectivity index (χ1) is 11.9. The van der Waals surface area contributed by atoms with Crippen molar-refractivity contribution in [2.45, 2.75) is 12.1 Å². The first-order valence-corrected chi connectivity index (χ1v) is 8.59. The first kappa shape index (κ1) is 19.1. The third-order valence-electron chi connectivity index (χ3n) is 2.81. The van der Waals surface area contributed by atoms with E-state index in [1.165, 1.54) is 13.2 Å². The maximum absolute atomic E-state index is 11.5. The highest BCUT2D eigenvalue weighted by Gasteiger charge is 2.16. The second kappa shape index (κ2) is 8.72. The van der Waals surface area contributed by atoms with Crippen LogP contribution in [0, 0.1) is 6.92 Å². The van der Waals surface area contributed by atoms with Crippen molar-refractivity contribution in [3.05, 3.63) is 45.6 Å². The van der Waals surface area contributed by atoms with E-state index in [1.807, 2.05) is 0 Å². The predicted octanol–water partition coefficient (Wildman–Crippen LogP) is 3.93. The number of aromatic nitrogens is 2. The lowest BCUT2D eigenvalue weighted by atomic mass is 10.2. The van der Waals surface area contributed by atoms with Crippen LogP contribution in [0.2, 0.25) is 0 Å². The standard InChI is InChI=1S/C16H15BrN2O5S/c1-4-5-23-14-11(17)6-10(7-12(14)22-3)8-13(15(20)21)25-16-19-18-9(2)24-16/h4,6-8H,1,5H2,2-3H3,(H,20,21)/b13-8-. The second-order valence-corrected chi connectivity index (χ2v) is 6.48. The fourth-order valence-corrected chi connectivity index (χ4v) is 3.09. The number of halogens is 1. The molecule has 0 amide bonds. The van der Waals surface area contributed by atoms with Crippen LogP contribution < -0.4 is 9.47 Å². The van der Waals surface area contributed by atoms with Crippen LogP contribution in [-0.4, -0.2) is 35.0 Å². The van der Waals surface area contributed by atoms with Gasteiger partial charge in [0.1, 0.15) is 11.5 Å². The number of nitrogens with zero attached hydrogens (tertiary/aromatic N) is 2. The molecule has 0 aliphatic rings. The van der Waals surface area contributed by atoms with Gasteiger partial charge in [-0.1, -0.05) is 12.7 Å². The van der Waals surface area contributed by atoms with Crippen LogP contribution in [0.5, 0.6) is 11.5 Å². The van der Waals surface area contributed by atoms with Crippen molar-refractivity contribution >= 4 is 39.7 Å². The van der Waals surface area contributed by atoms with E-state index in [0.29, 0.717) is 34.0 Å². The van der Waals surface area contributed by atoms with Gasteiger partial charge in [0.15, 0.2) is 11.5 Å². The third kappa shape index (κ3) is 5.10. The van der Waals surface area contributed by atoms with Crippen molar-refractivity contribution in [3.63, 3.8) is 0 Å². The third-order valence-corrected chi connectivity index (χ3v) is 4.25. The zero-order valence-corrected chi connectivity index (χ0v) is 15.9. The molecule has 0 spiro atoms. The molecule has 0 aliphatic carbocycles. The average molecular weight is 427 g/mol. The fourth-order valence-electron chi connectivity index (χ4n) is 1.81. The number of rotatable bonds is 8. The monoisotopic (exact) mass is 426 g/mol. The molecule has 0 saturated heterocycles. The lowest BCUT2D eigenvalue weighted by Crippen LogP contribution is -1.99. The van der Waals surface area contributed by atoms with Crippen molar-refractivity contribution in [3.8, 4) is 11.5 Å². The number of aliphatic carboxylic acids is 1. The molecule has 2 rings (SSSR count). The van der Waals surface area contributed by atoms with Crippen LogP contribution in [0.15, 0.2) is 43.8 Å². The summed E-state index contributed by atoms with van der Waals surface area (Å²) < 4.78 is 16.7. The molecule has 2 aromatic rings. The largest absolute Gasteiger partial charge is 0.493 e. The molecule has 1 aromatic carbocycles. The molecule has 0 radical (unpaired) electrons. The molecule has 25 heavy (non-hydrogen) atoms. The number of carboxylic acids is 1. The highest BCUT2D eigenvalue weighted by Crippen LogP contribution is 2.38. The Balaban J connectivity index is 2.36. The Labute approximate surface area is 156 Å². The Bertz CT molecular complexity index is 819. The molecule has 1 N–H and O–H groups in total. The molecule has 0 unspecified atom stereocenters. The molecule has 0 aliphatic heterocycles. The Hall–Kier alpha value is -2.26. The number of thioether (sulfide) groups is 1. The summed E-state index contributed by atoms with van der Waals surface area (Å²) in [5.74, 6) is 0.228. The van der Waals surface area contributed by atoms with Gasteiger partial charge in [-0.15, -0.1) is 10.2 Å². The second-order valence-electron chi connectivity index (χ2n) is 4.64. The highest BCUT2D eigenvalue weighted by atomic mass is 79.9. The van der Waals surface area contributed by atoms with Crippen LogP contribution in [-0.2, 0) is 4.79 Å². The van der Waals surface area contributed by atoms with Gasteiger partial charge in [-0.2, -0.15) is 0 Å². The highest BCUT2D eigenvalue weighted by molar-refractivity contribution is 9.10. The quantitative estimate of drug-likeness (QED) is 0.385. The molecule has 0 atom stereocenters. The van der Waals surface area contributed by atoms with E-state index in [0.717, 1.165) is 11.8 Å². The number of hydrogen-bond acceptors (Lipinski definition) is 7. The van der Waals surface area contributed by atoms with E-state index < -0.39 is 5.97 Å². The summed E-state index contributed by atoms with van der Waals surface area (Å²) in [6, 6.07) is 3.40. The van der Waals surface area contributed by atoms with Gasteiger partial charge >= 0.3 is 5.97 Å². The van der Waals surface area contributed by atoms with E-state index in [-0.39, 0.29) is 10.1 Å². The number of aryl methyl sites for hydroxylation is 1. The first-order valence-electron chi connectivity index (χ1n) is 6.98. The summed E-state index contributed by atoms with van der Waals surface area (Å²) in [7, 11) is 1.50. The lowest BCUT2D eigenvalue weighted by molar-refractivity contribution is -0.131. The molecule has 132 valence electrons. The normalized spacial score (nSPS) is 11.2. The number of hydrogen-bond donors (Lipinski definition) is 1. The molecule has 0 saturated carbocycles. The number of carbonyl (C=O) groups is 1. The van der Waals surface area contributed by atoms with Crippen molar-refractivity contribution < 1.29 is 23.8 Å². The maximum atomic E-state index is 11.5. The SMILES string of the molecule is C=CCOc1c(Br)cc(/C=C(\Sc2nnc(C)o2)C(=O)O)cc1OC. The van der Waals surface area contributed by atoms with Crippen LogP contribution in [0.1, 0.15) is 11.5 Å². The minimum Gasteiger partial charge on any atom is -0.493 e.